The highest BCUT2D eigenvalue weighted by Crippen LogP contribution is 2.22. The molecule has 1 fully saturated rings. The normalized spacial score (nSPS) is 15.8. The topological polar surface area (TPSA) is 67.8 Å². The standard InChI is InChI=1S/C19H32N4O2/c1-3-24-13-7-11-22-19(20-2)23-15-16-10-12-21-18(14-16)25-17-8-5-4-6-9-17/h10,12,14,17H,3-9,11,13,15H2,1-2H3,(H2,20,22,23). The van der Waals surface area contributed by atoms with Gasteiger partial charge >= 0.3 is 0 Å². The monoisotopic (exact) mass is 348 g/mol. The molecule has 0 saturated heterocycles. The highest BCUT2D eigenvalue weighted by molar-refractivity contribution is 5.79. The van der Waals surface area contributed by atoms with Crippen molar-refractivity contribution in [3.63, 3.8) is 0 Å². The van der Waals surface area contributed by atoms with E-state index in [0.29, 0.717) is 12.6 Å². The average molecular weight is 348 g/mol. The number of aromatic nitrogens is 1. The first-order chi connectivity index (χ1) is 12.3. The first kappa shape index (κ1) is 19.5. The van der Waals surface area contributed by atoms with Crippen molar-refractivity contribution in [1.29, 1.82) is 0 Å². The lowest BCUT2D eigenvalue weighted by Gasteiger charge is -2.22. The van der Waals surface area contributed by atoms with Gasteiger partial charge in [-0.2, -0.15) is 0 Å². The second-order valence-corrected chi connectivity index (χ2v) is 6.28. The number of ether oxygens (including phenoxy) is 2. The summed E-state index contributed by atoms with van der Waals surface area (Å²) in [7, 11) is 1.78. The third kappa shape index (κ3) is 7.73. The number of nitrogens with one attached hydrogen (secondary N) is 2. The maximum Gasteiger partial charge on any atom is 0.213 e. The Morgan fingerprint density at radius 3 is 2.88 bits per heavy atom. The van der Waals surface area contributed by atoms with Gasteiger partial charge in [-0.1, -0.05) is 6.42 Å². The molecular weight excluding hydrogens is 316 g/mol. The lowest BCUT2D eigenvalue weighted by Crippen LogP contribution is -2.37. The van der Waals surface area contributed by atoms with Crippen LogP contribution in [0.2, 0.25) is 0 Å². The van der Waals surface area contributed by atoms with Gasteiger partial charge < -0.3 is 20.1 Å². The van der Waals surface area contributed by atoms with Crippen LogP contribution in [0.25, 0.3) is 0 Å². The van der Waals surface area contributed by atoms with E-state index in [1.807, 2.05) is 25.3 Å². The van der Waals surface area contributed by atoms with Gasteiger partial charge in [0, 0.05) is 45.6 Å². The lowest BCUT2D eigenvalue weighted by atomic mass is 9.98. The zero-order valence-corrected chi connectivity index (χ0v) is 15.6. The van der Waals surface area contributed by atoms with Crippen LogP contribution in [0.15, 0.2) is 23.3 Å². The number of hydrogen-bond acceptors (Lipinski definition) is 4. The van der Waals surface area contributed by atoms with Crippen molar-refractivity contribution >= 4 is 5.96 Å². The smallest absolute Gasteiger partial charge is 0.213 e. The molecule has 1 aliphatic carbocycles. The van der Waals surface area contributed by atoms with Crippen LogP contribution in [-0.4, -0.2) is 43.9 Å². The molecule has 25 heavy (non-hydrogen) atoms. The molecule has 0 aromatic carbocycles. The van der Waals surface area contributed by atoms with Gasteiger partial charge in [0.1, 0.15) is 6.10 Å². The first-order valence-corrected chi connectivity index (χ1v) is 9.45. The van der Waals surface area contributed by atoms with Crippen molar-refractivity contribution in [2.45, 2.75) is 58.1 Å². The summed E-state index contributed by atoms with van der Waals surface area (Å²) in [6.45, 7) is 5.07. The summed E-state index contributed by atoms with van der Waals surface area (Å²) >= 11 is 0. The zero-order valence-electron chi connectivity index (χ0n) is 15.6. The summed E-state index contributed by atoms with van der Waals surface area (Å²) in [5.41, 5.74) is 1.14. The third-order valence-corrected chi connectivity index (χ3v) is 4.28. The van der Waals surface area contributed by atoms with E-state index in [9.17, 15) is 0 Å². The maximum atomic E-state index is 6.03. The predicted molar refractivity (Wildman–Crippen MR) is 101 cm³/mol. The molecule has 0 radical (unpaired) electrons. The molecule has 0 atom stereocenters. The number of pyridine rings is 1. The number of hydrogen-bond donors (Lipinski definition) is 2. The molecule has 0 bridgehead atoms. The van der Waals surface area contributed by atoms with Crippen molar-refractivity contribution in [1.82, 2.24) is 15.6 Å². The third-order valence-electron chi connectivity index (χ3n) is 4.28. The second-order valence-electron chi connectivity index (χ2n) is 6.28. The van der Waals surface area contributed by atoms with Crippen LogP contribution in [0, 0.1) is 0 Å². The number of nitrogens with zero attached hydrogens (tertiary/aromatic N) is 2. The van der Waals surface area contributed by atoms with Crippen LogP contribution in [0.1, 0.15) is 51.0 Å². The summed E-state index contributed by atoms with van der Waals surface area (Å²) in [6.07, 6.45) is 9.23. The number of rotatable bonds is 9. The van der Waals surface area contributed by atoms with Crippen molar-refractivity contribution in [3.05, 3.63) is 23.9 Å². The van der Waals surface area contributed by atoms with Gasteiger partial charge in [-0.15, -0.1) is 0 Å². The molecule has 1 saturated carbocycles. The predicted octanol–water partition coefficient (Wildman–Crippen LogP) is 2.88. The fourth-order valence-electron chi connectivity index (χ4n) is 2.91. The Kier molecular flexibility index (Phi) is 9.12. The molecular formula is C19H32N4O2. The van der Waals surface area contributed by atoms with E-state index in [-0.39, 0.29) is 0 Å². The minimum Gasteiger partial charge on any atom is -0.474 e. The van der Waals surface area contributed by atoms with Crippen molar-refractivity contribution in [2.24, 2.45) is 4.99 Å². The molecule has 1 aliphatic rings. The molecule has 6 nitrogen and oxygen atoms in total. The number of aliphatic imine (C=N–C) groups is 1. The van der Waals surface area contributed by atoms with Crippen LogP contribution < -0.4 is 15.4 Å². The quantitative estimate of drug-likeness (QED) is 0.408. The van der Waals surface area contributed by atoms with Gasteiger partial charge in [0.15, 0.2) is 5.96 Å². The van der Waals surface area contributed by atoms with Crippen LogP contribution in [-0.2, 0) is 11.3 Å². The van der Waals surface area contributed by atoms with E-state index < -0.39 is 0 Å². The van der Waals surface area contributed by atoms with E-state index in [1.165, 1.54) is 19.3 Å². The Bertz CT molecular complexity index is 516. The first-order valence-electron chi connectivity index (χ1n) is 9.45. The number of guanidine groups is 1. The van der Waals surface area contributed by atoms with Gasteiger partial charge in [-0.3, -0.25) is 4.99 Å². The Balaban J connectivity index is 1.74. The van der Waals surface area contributed by atoms with E-state index in [4.69, 9.17) is 9.47 Å². The maximum absolute atomic E-state index is 6.03. The van der Waals surface area contributed by atoms with Gasteiger partial charge in [-0.05, 0) is 50.7 Å². The second kappa shape index (κ2) is 11.7. The molecule has 1 aromatic rings. The van der Waals surface area contributed by atoms with E-state index in [2.05, 4.69) is 20.6 Å². The van der Waals surface area contributed by atoms with Gasteiger partial charge in [-0.25, -0.2) is 4.98 Å². The molecule has 0 spiro atoms. The molecule has 1 heterocycles. The fourth-order valence-corrected chi connectivity index (χ4v) is 2.91. The molecule has 0 amide bonds. The van der Waals surface area contributed by atoms with E-state index >= 15 is 0 Å². The Hall–Kier alpha value is -1.82. The highest BCUT2D eigenvalue weighted by Gasteiger charge is 2.15. The van der Waals surface area contributed by atoms with Crippen molar-refractivity contribution in [2.75, 3.05) is 26.8 Å². The van der Waals surface area contributed by atoms with Crippen LogP contribution >= 0.6 is 0 Å². The summed E-state index contributed by atoms with van der Waals surface area (Å²) in [5, 5.41) is 6.61. The van der Waals surface area contributed by atoms with Crippen LogP contribution in [0.4, 0.5) is 0 Å². The highest BCUT2D eigenvalue weighted by atomic mass is 16.5. The summed E-state index contributed by atoms with van der Waals surface area (Å²) in [6, 6.07) is 4.02. The molecule has 0 aliphatic heterocycles. The van der Waals surface area contributed by atoms with Crippen molar-refractivity contribution < 1.29 is 9.47 Å². The largest absolute Gasteiger partial charge is 0.474 e. The molecule has 2 N–H and O–H groups in total. The lowest BCUT2D eigenvalue weighted by molar-refractivity contribution is 0.145. The van der Waals surface area contributed by atoms with Gasteiger partial charge in [0.05, 0.1) is 0 Å². The van der Waals surface area contributed by atoms with Crippen LogP contribution in [0.3, 0.4) is 0 Å². The molecule has 6 heteroatoms. The average Bonchev–Trinajstić information content (AvgIpc) is 2.65. The zero-order chi connectivity index (χ0) is 17.7. The van der Waals surface area contributed by atoms with Gasteiger partial charge in [0.2, 0.25) is 5.88 Å². The summed E-state index contributed by atoms with van der Waals surface area (Å²) < 4.78 is 11.4. The summed E-state index contributed by atoms with van der Waals surface area (Å²) in [4.78, 5) is 8.59. The minimum atomic E-state index is 0.323. The SMILES string of the molecule is CCOCCCNC(=NC)NCc1ccnc(OC2CCCCC2)c1. The Morgan fingerprint density at radius 2 is 2.12 bits per heavy atom. The Labute approximate surface area is 151 Å². The van der Waals surface area contributed by atoms with E-state index in [0.717, 1.165) is 56.4 Å². The fraction of sp³-hybridized carbons (Fsp3) is 0.684. The van der Waals surface area contributed by atoms with Gasteiger partial charge in [0.25, 0.3) is 0 Å². The van der Waals surface area contributed by atoms with Crippen LogP contribution in [0.5, 0.6) is 5.88 Å². The van der Waals surface area contributed by atoms with Crippen molar-refractivity contribution in [3.8, 4) is 5.88 Å². The molecule has 2 rings (SSSR count). The minimum absolute atomic E-state index is 0.323. The Morgan fingerprint density at radius 1 is 1.28 bits per heavy atom. The van der Waals surface area contributed by atoms with E-state index in [1.54, 1.807) is 7.05 Å². The summed E-state index contributed by atoms with van der Waals surface area (Å²) in [5.74, 6) is 1.52. The molecule has 1 aromatic heterocycles. The molecule has 140 valence electrons. The molecule has 0 unspecified atom stereocenters.